The molecule has 0 aromatic rings. The van der Waals surface area contributed by atoms with E-state index in [2.05, 4.69) is 10.0 Å². The summed E-state index contributed by atoms with van der Waals surface area (Å²) in [7, 11) is 0. The molecule has 0 heterocycles. The van der Waals surface area contributed by atoms with Crippen LogP contribution in [0.25, 0.3) is 10.4 Å². The predicted octanol–water partition coefficient (Wildman–Crippen LogP) is 4.15. The molecule has 0 atom stereocenters. The number of rotatable bonds is 3. The second-order valence-corrected chi connectivity index (χ2v) is 8.02. The van der Waals surface area contributed by atoms with Gasteiger partial charge in [-0.3, -0.25) is 0 Å². The van der Waals surface area contributed by atoms with Crippen LogP contribution < -0.4 is 0 Å². The van der Waals surface area contributed by atoms with Gasteiger partial charge in [-0.25, -0.2) is 4.79 Å². The number of amides is 1. The van der Waals surface area contributed by atoms with Crippen molar-refractivity contribution in [1.82, 2.24) is 4.90 Å². The van der Waals surface area contributed by atoms with Crippen molar-refractivity contribution in [3.63, 3.8) is 0 Å². The van der Waals surface area contributed by atoms with E-state index in [9.17, 15) is 9.90 Å². The van der Waals surface area contributed by atoms with Crippen molar-refractivity contribution < 1.29 is 14.6 Å². The van der Waals surface area contributed by atoms with Gasteiger partial charge < -0.3 is 14.7 Å². The molecule has 0 spiro atoms. The van der Waals surface area contributed by atoms with E-state index in [1.165, 1.54) is 0 Å². The summed E-state index contributed by atoms with van der Waals surface area (Å²) in [6.07, 6.45) is 5.89. The molecule has 1 N–H and O–H groups in total. The largest absolute Gasteiger partial charge is 0.444 e. The van der Waals surface area contributed by atoms with E-state index in [-0.39, 0.29) is 30.3 Å². The summed E-state index contributed by atoms with van der Waals surface area (Å²) in [4.78, 5) is 17.6. The van der Waals surface area contributed by atoms with Gasteiger partial charge in [-0.1, -0.05) is 5.11 Å². The third-order valence-electron chi connectivity index (χ3n) is 4.94. The van der Waals surface area contributed by atoms with E-state index in [0.29, 0.717) is 0 Å². The minimum Gasteiger partial charge on any atom is -0.444 e. The summed E-state index contributed by atoms with van der Waals surface area (Å²) in [6.45, 7) is 5.64. The van der Waals surface area contributed by atoms with Crippen LogP contribution in [0.1, 0.15) is 72.1 Å². The number of carbonyl (C=O) groups is 1. The third kappa shape index (κ3) is 5.28. The first kappa shape index (κ1) is 18.9. The van der Waals surface area contributed by atoms with Gasteiger partial charge in [-0.15, -0.1) is 0 Å². The Bertz CT molecular complexity index is 469. The summed E-state index contributed by atoms with van der Waals surface area (Å²) in [5.74, 6) is 0. The van der Waals surface area contributed by atoms with Crippen molar-refractivity contribution >= 4 is 6.09 Å². The summed E-state index contributed by atoms with van der Waals surface area (Å²) < 4.78 is 5.65. The number of carbonyl (C=O) groups excluding carboxylic acids is 1. The van der Waals surface area contributed by atoms with Crippen molar-refractivity contribution in [3.8, 4) is 0 Å². The van der Waals surface area contributed by atoms with E-state index in [1.807, 2.05) is 25.7 Å². The van der Waals surface area contributed by atoms with Crippen LogP contribution in [0.15, 0.2) is 5.11 Å². The highest BCUT2D eigenvalue weighted by molar-refractivity contribution is 5.69. The van der Waals surface area contributed by atoms with Gasteiger partial charge in [0.15, 0.2) is 0 Å². The van der Waals surface area contributed by atoms with E-state index >= 15 is 0 Å². The Labute approximate surface area is 144 Å². The highest BCUT2D eigenvalue weighted by Crippen LogP contribution is 2.32. The number of aliphatic hydroxyl groups excluding tert-OH is 1. The van der Waals surface area contributed by atoms with Crippen molar-refractivity contribution in [1.29, 1.82) is 0 Å². The number of aliphatic hydroxyl groups is 1. The minimum absolute atomic E-state index is 0.0416. The number of hydrogen-bond acceptors (Lipinski definition) is 4. The normalized spacial score (nSPS) is 31.0. The fraction of sp³-hybridized carbons (Fsp3) is 0.941. The Balaban J connectivity index is 2.08. The molecule has 0 unspecified atom stereocenters. The van der Waals surface area contributed by atoms with Crippen LogP contribution in [0.3, 0.4) is 0 Å². The zero-order chi connectivity index (χ0) is 17.7. The van der Waals surface area contributed by atoms with Crippen molar-refractivity contribution in [2.24, 2.45) is 5.11 Å². The average molecular weight is 338 g/mol. The zero-order valence-electron chi connectivity index (χ0n) is 15.0. The van der Waals surface area contributed by atoms with Gasteiger partial charge in [0.1, 0.15) is 5.60 Å². The van der Waals surface area contributed by atoms with Crippen LogP contribution in [0.2, 0.25) is 0 Å². The van der Waals surface area contributed by atoms with Gasteiger partial charge in [0, 0.05) is 23.0 Å². The van der Waals surface area contributed by atoms with Crippen molar-refractivity contribution in [2.45, 2.75) is 102 Å². The summed E-state index contributed by atoms with van der Waals surface area (Å²) >= 11 is 0. The third-order valence-corrected chi connectivity index (χ3v) is 4.94. The SMILES string of the molecule is CC(C)(C)OC(=O)N(C1CCC(O)CC1)[C@H]1CC[C@@H](N=[N+]=[N-])CC1. The molecule has 2 aliphatic rings. The molecule has 0 saturated heterocycles. The topological polar surface area (TPSA) is 98.5 Å². The maximum atomic E-state index is 12.8. The quantitative estimate of drug-likeness (QED) is 0.475. The van der Waals surface area contributed by atoms with Gasteiger partial charge in [-0.05, 0) is 77.7 Å². The van der Waals surface area contributed by atoms with E-state index < -0.39 is 5.60 Å². The maximum absolute atomic E-state index is 12.8. The van der Waals surface area contributed by atoms with Crippen molar-refractivity contribution in [3.05, 3.63) is 10.4 Å². The number of hydrogen-bond donors (Lipinski definition) is 1. The molecule has 2 fully saturated rings. The lowest BCUT2D eigenvalue weighted by molar-refractivity contribution is -0.0130. The first-order chi connectivity index (χ1) is 11.3. The lowest BCUT2D eigenvalue weighted by Crippen LogP contribution is -2.51. The second kappa shape index (κ2) is 8.08. The Morgan fingerprint density at radius 2 is 1.58 bits per heavy atom. The van der Waals surface area contributed by atoms with E-state index in [4.69, 9.17) is 10.3 Å². The molecule has 136 valence electrons. The molecular formula is C17H30N4O3. The fourth-order valence-corrected chi connectivity index (χ4v) is 3.77. The molecule has 7 nitrogen and oxygen atoms in total. The zero-order valence-corrected chi connectivity index (χ0v) is 15.0. The molecule has 0 radical (unpaired) electrons. The van der Waals surface area contributed by atoms with Crippen LogP contribution in [-0.2, 0) is 4.74 Å². The van der Waals surface area contributed by atoms with Crippen LogP contribution >= 0.6 is 0 Å². The van der Waals surface area contributed by atoms with Gasteiger partial charge in [0.2, 0.25) is 0 Å². The molecule has 0 bridgehead atoms. The average Bonchev–Trinajstić information content (AvgIpc) is 2.50. The minimum atomic E-state index is -0.522. The monoisotopic (exact) mass is 338 g/mol. The van der Waals surface area contributed by atoms with Gasteiger partial charge in [0.25, 0.3) is 0 Å². The van der Waals surface area contributed by atoms with Crippen molar-refractivity contribution in [2.75, 3.05) is 0 Å². The number of azide groups is 1. The molecule has 2 rings (SSSR count). The van der Waals surface area contributed by atoms with Crippen LogP contribution in [0.5, 0.6) is 0 Å². The maximum Gasteiger partial charge on any atom is 0.410 e. The molecular weight excluding hydrogens is 308 g/mol. The smallest absolute Gasteiger partial charge is 0.410 e. The van der Waals surface area contributed by atoms with Gasteiger partial charge in [-0.2, -0.15) is 0 Å². The van der Waals surface area contributed by atoms with E-state index in [0.717, 1.165) is 51.4 Å². The molecule has 7 heteroatoms. The van der Waals surface area contributed by atoms with Crippen LogP contribution in [0, 0.1) is 0 Å². The molecule has 24 heavy (non-hydrogen) atoms. The summed E-state index contributed by atoms with van der Waals surface area (Å²) in [6, 6.07) is 0.300. The Morgan fingerprint density at radius 3 is 2.04 bits per heavy atom. The Hall–Kier alpha value is -1.46. The second-order valence-electron chi connectivity index (χ2n) is 8.02. The molecule has 0 aromatic heterocycles. The van der Waals surface area contributed by atoms with Gasteiger partial charge in [0.05, 0.1) is 6.10 Å². The standard InChI is InChI=1S/C17H30N4O3/c1-17(2,3)24-16(23)21(14-8-10-15(22)11-9-14)13-6-4-12(5-7-13)19-20-18/h12-15,22H,4-11H2,1-3H3/t12-,13+,14?,15?. The molecule has 0 aliphatic heterocycles. The molecule has 1 amide bonds. The molecule has 2 aliphatic carbocycles. The predicted molar refractivity (Wildman–Crippen MR) is 91.5 cm³/mol. The highest BCUT2D eigenvalue weighted by Gasteiger charge is 2.37. The first-order valence-corrected chi connectivity index (χ1v) is 9.03. The Morgan fingerprint density at radius 1 is 1.08 bits per heavy atom. The molecule has 0 aromatic carbocycles. The summed E-state index contributed by atoms with van der Waals surface area (Å²) in [5.41, 5.74) is 8.07. The lowest BCUT2D eigenvalue weighted by atomic mass is 9.86. The number of ether oxygens (including phenoxy) is 1. The van der Waals surface area contributed by atoms with Crippen LogP contribution in [0.4, 0.5) is 4.79 Å². The lowest BCUT2D eigenvalue weighted by Gasteiger charge is -2.43. The Kier molecular flexibility index (Phi) is 6.35. The van der Waals surface area contributed by atoms with Crippen LogP contribution in [-0.4, -0.2) is 45.9 Å². The van der Waals surface area contributed by atoms with Gasteiger partial charge >= 0.3 is 6.09 Å². The fourth-order valence-electron chi connectivity index (χ4n) is 3.77. The molecule has 2 saturated carbocycles. The van der Waals surface area contributed by atoms with E-state index in [1.54, 1.807) is 0 Å². The number of nitrogens with zero attached hydrogens (tertiary/aromatic N) is 4. The first-order valence-electron chi connectivity index (χ1n) is 9.03. The summed E-state index contributed by atoms with van der Waals surface area (Å²) in [5, 5.41) is 13.6. The highest BCUT2D eigenvalue weighted by atomic mass is 16.6.